The number of halogens is 3. The van der Waals surface area contributed by atoms with E-state index in [2.05, 4.69) is 27.2 Å². The molecule has 4 N–H and O–H groups in total. The van der Waals surface area contributed by atoms with Crippen molar-refractivity contribution in [3.05, 3.63) is 78.0 Å². The first-order chi connectivity index (χ1) is 19.0. The SMILES string of the molecule is C=C(CCNC(=O)c1nc(-c2ccc(OC)c3nc(C(F)(F)F)ccc23)oc1[C@H](C)N)Nc1ccccc1OC. The average molecular weight is 556 g/mol. The number of nitrogens with one attached hydrogen (secondary N) is 2. The molecule has 0 radical (unpaired) electrons. The quantitative estimate of drug-likeness (QED) is 0.228. The summed E-state index contributed by atoms with van der Waals surface area (Å²) in [5, 5.41) is 6.24. The maximum Gasteiger partial charge on any atom is 0.433 e. The van der Waals surface area contributed by atoms with Crippen molar-refractivity contribution in [2.24, 2.45) is 5.73 Å². The summed E-state index contributed by atoms with van der Waals surface area (Å²) in [5.74, 6) is 0.405. The Kier molecular flexibility index (Phi) is 8.29. The van der Waals surface area contributed by atoms with Gasteiger partial charge in [0.1, 0.15) is 22.7 Å². The minimum atomic E-state index is -4.64. The van der Waals surface area contributed by atoms with Crippen LogP contribution in [-0.2, 0) is 6.18 Å². The molecule has 9 nitrogen and oxygen atoms in total. The summed E-state index contributed by atoms with van der Waals surface area (Å²) in [6.07, 6.45) is -4.24. The molecule has 4 rings (SSSR count). The van der Waals surface area contributed by atoms with E-state index in [1.165, 1.54) is 19.2 Å². The van der Waals surface area contributed by atoms with Gasteiger partial charge in [0.25, 0.3) is 5.91 Å². The van der Waals surface area contributed by atoms with Crippen molar-refractivity contribution >= 4 is 22.5 Å². The molecule has 0 fully saturated rings. The van der Waals surface area contributed by atoms with E-state index in [0.29, 0.717) is 28.8 Å². The van der Waals surface area contributed by atoms with Crippen LogP contribution in [0.1, 0.15) is 41.3 Å². The lowest BCUT2D eigenvalue weighted by atomic mass is 10.1. The van der Waals surface area contributed by atoms with Gasteiger partial charge in [-0.3, -0.25) is 4.79 Å². The van der Waals surface area contributed by atoms with Crippen LogP contribution in [-0.4, -0.2) is 36.6 Å². The summed E-state index contributed by atoms with van der Waals surface area (Å²) in [7, 11) is 2.90. The zero-order valence-electron chi connectivity index (χ0n) is 22.1. The molecule has 1 amide bonds. The van der Waals surface area contributed by atoms with E-state index < -0.39 is 23.8 Å². The number of hydrogen-bond donors (Lipinski definition) is 3. The van der Waals surface area contributed by atoms with Gasteiger partial charge in [-0.1, -0.05) is 18.7 Å². The molecule has 0 bridgehead atoms. The number of methoxy groups -OCH3 is 2. The van der Waals surface area contributed by atoms with Crippen LogP contribution in [0.15, 0.2) is 65.2 Å². The lowest BCUT2D eigenvalue weighted by molar-refractivity contribution is -0.140. The van der Waals surface area contributed by atoms with Crippen molar-refractivity contribution in [1.82, 2.24) is 15.3 Å². The first-order valence-corrected chi connectivity index (χ1v) is 12.2. The molecule has 0 saturated heterocycles. The number of carbonyl (C=O) groups is 1. The molecule has 0 aliphatic heterocycles. The lowest BCUT2D eigenvalue weighted by Gasteiger charge is -2.13. The summed E-state index contributed by atoms with van der Waals surface area (Å²) in [6.45, 7) is 5.85. The zero-order valence-corrected chi connectivity index (χ0v) is 22.1. The van der Waals surface area contributed by atoms with Crippen LogP contribution >= 0.6 is 0 Å². The van der Waals surface area contributed by atoms with Crippen molar-refractivity contribution in [3.63, 3.8) is 0 Å². The van der Waals surface area contributed by atoms with Gasteiger partial charge in [-0.05, 0) is 43.3 Å². The zero-order chi connectivity index (χ0) is 29.0. The number of pyridine rings is 1. The average Bonchev–Trinajstić information content (AvgIpc) is 3.38. The number of ether oxygens (including phenoxy) is 2. The smallest absolute Gasteiger partial charge is 0.433 e. The third kappa shape index (κ3) is 6.01. The molecule has 0 spiro atoms. The minimum absolute atomic E-state index is 0.00825. The van der Waals surface area contributed by atoms with Crippen LogP contribution in [0.5, 0.6) is 11.5 Å². The van der Waals surface area contributed by atoms with E-state index in [4.69, 9.17) is 19.6 Å². The number of anilines is 1. The first-order valence-electron chi connectivity index (χ1n) is 12.2. The Labute approximate surface area is 228 Å². The second kappa shape index (κ2) is 11.7. The molecule has 0 aliphatic rings. The number of alkyl halides is 3. The standard InChI is InChI=1S/C28H28F3N5O4/c1-15(34-19-7-5-6-8-20(19)38-3)13-14-33-26(37)24-25(16(2)32)40-27(36-24)18-9-11-21(39-4)23-17(18)10-12-22(35-23)28(29,30)31/h5-12,16,34H,1,13-14,32H2,2-4H3,(H,33,37)/t16-/m0/s1. The number of hydrogen-bond acceptors (Lipinski definition) is 8. The van der Waals surface area contributed by atoms with Gasteiger partial charge in [0.15, 0.2) is 11.5 Å². The molecule has 4 aromatic rings. The number of carbonyl (C=O) groups excluding carboxylic acids is 1. The third-order valence-corrected chi connectivity index (χ3v) is 5.97. The predicted molar refractivity (Wildman–Crippen MR) is 144 cm³/mol. The second-order valence-electron chi connectivity index (χ2n) is 8.86. The highest BCUT2D eigenvalue weighted by atomic mass is 19.4. The highest BCUT2D eigenvalue weighted by Gasteiger charge is 2.33. The Morgan fingerprint density at radius 2 is 1.80 bits per heavy atom. The summed E-state index contributed by atoms with van der Waals surface area (Å²) < 4.78 is 56.3. The Morgan fingerprint density at radius 3 is 2.48 bits per heavy atom. The Morgan fingerprint density at radius 1 is 1.07 bits per heavy atom. The maximum absolute atomic E-state index is 13.3. The van der Waals surface area contributed by atoms with Crippen molar-refractivity contribution < 1.29 is 31.9 Å². The third-order valence-electron chi connectivity index (χ3n) is 5.97. The van der Waals surface area contributed by atoms with Crippen molar-refractivity contribution in [2.45, 2.75) is 25.6 Å². The predicted octanol–water partition coefficient (Wildman–Crippen LogP) is 5.69. The molecule has 12 heteroatoms. The molecule has 2 aromatic carbocycles. The van der Waals surface area contributed by atoms with E-state index in [0.717, 1.165) is 11.8 Å². The van der Waals surface area contributed by atoms with E-state index in [9.17, 15) is 18.0 Å². The van der Waals surface area contributed by atoms with Gasteiger partial charge < -0.3 is 30.3 Å². The maximum atomic E-state index is 13.3. The van der Waals surface area contributed by atoms with Crippen molar-refractivity contribution in [1.29, 1.82) is 0 Å². The fraction of sp³-hybridized carbons (Fsp3) is 0.250. The lowest BCUT2D eigenvalue weighted by Crippen LogP contribution is -2.27. The van der Waals surface area contributed by atoms with Crippen LogP contribution in [0.25, 0.3) is 22.4 Å². The summed E-state index contributed by atoms with van der Waals surface area (Å²) in [5.41, 5.74) is 6.64. The van der Waals surface area contributed by atoms with Crippen LogP contribution in [0, 0.1) is 0 Å². The highest BCUT2D eigenvalue weighted by Crippen LogP contribution is 2.37. The van der Waals surface area contributed by atoms with Crippen LogP contribution in [0.4, 0.5) is 18.9 Å². The number of nitrogens with two attached hydrogens (primary N) is 1. The van der Waals surface area contributed by atoms with Crippen molar-refractivity contribution in [3.8, 4) is 23.0 Å². The largest absolute Gasteiger partial charge is 0.495 e. The van der Waals surface area contributed by atoms with E-state index in [-0.39, 0.29) is 35.2 Å². The van der Waals surface area contributed by atoms with Gasteiger partial charge in [0.05, 0.1) is 25.9 Å². The molecular formula is C28H28F3N5O4. The first kappa shape index (κ1) is 28.4. The van der Waals surface area contributed by atoms with E-state index in [1.807, 2.05) is 24.3 Å². The fourth-order valence-corrected chi connectivity index (χ4v) is 4.03. The fourth-order valence-electron chi connectivity index (χ4n) is 4.03. The van der Waals surface area contributed by atoms with Gasteiger partial charge in [0.2, 0.25) is 5.89 Å². The molecule has 1 atom stereocenters. The van der Waals surface area contributed by atoms with Gasteiger partial charge in [-0.2, -0.15) is 13.2 Å². The van der Waals surface area contributed by atoms with Crippen molar-refractivity contribution in [2.75, 3.05) is 26.1 Å². The normalized spacial score (nSPS) is 12.2. The number of oxazole rings is 1. The Hall–Kier alpha value is -4.58. The van der Waals surface area contributed by atoms with Crippen LogP contribution in [0.2, 0.25) is 0 Å². The number of para-hydroxylation sites is 2. The number of benzene rings is 2. The van der Waals surface area contributed by atoms with Gasteiger partial charge >= 0.3 is 6.18 Å². The van der Waals surface area contributed by atoms with Crippen LogP contribution < -0.4 is 25.8 Å². The number of aromatic nitrogens is 2. The number of nitrogens with zero attached hydrogens (tertiary/aromatic N) is 2. The molecule has 2 aromatic heterocycles. The summed E-state index contributed by atoms with van der Waals surface area (Å²) >= 11 is 0. The summed E-state index contributed by atoms with van der Waals surface area (Å²) in [6, 6.07) is 11.8. The van der Waals surface area contributed by atoms with Gasteiger partial charge in [-0.25, -0.2) is 9.97 Å². The number of rotatable bonds is 10. The number of fused-ring (bicyclic) bond motifs is 1. The van der Waals surface area contributed by atoms with E-state index >= 15 is 0 Å². The molecule has 2 heterocycles. The van der Waals surface area contributed by atoms with Crippen LogP contribution in [0.3, 0.4) is 0 Å². The summed E-state index contributed by atoms with van der Waals surface area (Å²) in [4.78, 5) is 21.2. The molecule has 40 heavy (non-hydrogen) atoms. The Bertz CT molecular complexity index is 1550. The second-order valence-corrected chi connectivity index (χ2v) is 8.86. The molecule has 0 saturated carbocycles. The number of amides is 1. The van der Waals surface area contributed by atoms with Gasteiger partial charge in [-0.15, -0.1) is 0 Å². The molecule has 0 aliphatic carbocycles. The highest BCUT2D eigenvalue weighted by molar-refractivity contribution is 5.98. The van der Waals surface area contributed by atoms with Gasteiger partial charge in [0, 0.05) is 29.6 Å². The molecule has 0 unspecified atom stereocenters. The minimum Gasteiger partial charge on any atom is -0.495 e. The topological polar surface area (TPSA) is 125 Å². The van der Waals surface area contributed by atoms with E-state index in [1.54, 1.807) is 20.1 Å². The molecule has 210 valence electrons. The molecular weight excluding hydrogens is 527 g/mol. The monoisotopic (exact) mass is 555 g/mol. The Balaban J connectivity index is 1.56.